The summed E-state index contributed by atoms with van der Waals surface area (Å²) in [6.45, 7) is 7.47. The van der Waals surface area contributed by atoms with Gasteiger partial charge in [0.2, 0.25) is 0 Å². The van der Waals surface area contributed by atoms with Gasteiger partial charge in [-0.25, -0.2) is 8.78 Å². The van der Waals surface area contributed by atoms with Gasteiger partial charge in [-0.3, -0.25) is 4.90 Å². The van der Waals surface area contributed by atoms with Crippen molar-refractivity contribution in [3.8, 4) is 22.9 Å². The molecule has 0 radical (unpaired) electrons. The van der Waals surface area contributed by atoms with Crippen molar-refractivity contribution in [1.82, 2.24) is 20.2 Å². The predicted octanol–water partition coefficient (Wildman–Crippen LogP) is 5.96. The Kier molecular flexibility index (Phi) is 6.89. The van der Waals surface area contributed by atoms with Gasteiger partial charge >= 0.3 is 6.01 Å². The maximum Gasteiger partial charge on any atom is 0.319 e. The third-order valence-corrected chi connectivity index (χ3v) is 11.2. The first-order valence-electron chi connectivity index (χ1n) is 17.3. The summed E-state index contributed by atoms with van der Waals surface area (Å²) in [6.07, 6.45) is 7.21. The van der Waals surface area contributed by atoms with Crippen LogP contribution in [0.15, 0.2) is 36.4 Å². The lowest BCUT2D eigenvalue weighted by Gasteiger charge is -2.35. The molecule has 2 N–H and O–H groups in total. The van der Waals surface area contributed by atoms with Gasteiger partial charge in [-0.2, -0.15) is 9.97 Å². The van der Waals surface area contributed by atoms with Crippen molar-refractivity contribution in [2.24, 2.45) is 5.41 Å². The fraction of sp³-hybridized carbons (Fsp3) is 0.514. The molecule has 5 fully saturated rings. The lowest BCUT2D eigenvalue weighted by atomic mass is 9.92. The van der Waals surface area contributed by atoms with E-state index in [0.29, 0.717) is 55.0 Å². The van der Waals surface area contributed by atoms with Crippen LogP contribution < -0.4 is 15.0 Å². The summed E-state index contributed by atoms with van der Waals surface area (Å²) in [5.41, 5.74) is 1.18. The molecule has 8 nitrogen and oxygen atoms in total. The molecule has 1 spiro atoms. The lowest BCUT2D eigenvalue weighted by Crippen LogP contribution is -2.51. The molecule has 47 heavy (non-hydrogen) atoms. The van der Waals surface area contributed by atoms with E-state index in [0.717, 1.165) is 81.1 Å². The third kappa shape index (κ3) is 5.29. The number of aryl methyl sites for hydroxylation is 1. The van der Waals surface area contributed by atoms with E-state index < -0.39 is 11.6 Å². The maximum atomic E-state index is 17.0. The summed E-state index contributed by atoms with van der Waals surface area (Å²) in [4.78, 5) is 14.2. The van der Waals surface area contributed by atoms with E-state index >= 15 is 8.78 Å². The first kappa shape index (κ1) is 29.5. The van der Waals surface area contributed by atoms with Crippen molar-refractivity contribution in [2.45, 2.75) is 69.6 Å². The number of aromatic hydroxyl groups is 1. The summed E-state index contributed by atoms with van der Waals surface area (Å²) < 4.78 is 45.7. The topological polar surface area (TPSA) is 83.0 Å². The van der Waals surface area contributed by atoms with Gasteiger partial charge in [0.25, 0.3) is 0 Å². The quantitative estimate of drug-likeness (QED) is 0.244. The van der Waals surface area contributed by atoms with Gasteiger partial charge in [0.05, 0.1) is 24.4 Å². The summed E-state index contributed by atoms with van der Waals surface area (Å²) in [7, 11) is 0. The highest BCUT2D eigenvalue weighted by atomic mass is 19.1. The number of hydrogen-bond acceptors (Lipinski definition) is 8. The molecule has 3 saturated heterocycles. The summed E-state index contributed by atoms with van der Waals surface area (Å²) in [5.74, 6) is -1.02. The van der Waals surface area contributed by atoms with Crippen LogP contribution in [0.2, 0.25) is 0 Å². The van der Waals surface area contributed by atoms with Crippen LogP contribution in [0.5, 0.6) is 11.8 Å². The van der Waals surface area contributed by atoms with E-state index in [-0.39, 0.29) is 33.9 Å². The number of aromatic nitrogens is 2. The van der Waals surface area contributed by atoms with Gasteiger partial charge in [-0.15, -0.1) is 0 Å². The van der Waals surface area contributed by atoms with Crippen molar-refractivity contribution in [1.29, 1.82) is 0 Å². The minimum absolute atomic E-state index is 0.0174. The van der Waals surface area contributed by atoms with E-state index in [2.05, 4.69) is 20.1 Å². The maximum absolute atomic E-state index is 17.0. The van der Waals surface area contributed by atoms with Crippen LogP contribution >= 0.6 is 0 Å². The normalized spacial score (nSPS) is 24.4. The molecule has 2 aliphatic carbocycles. The predicted molar refractivity (Wildman–Crippen MR) is 177 cm³/mol. The van der Waals surface area contributed by atoms with Crippen LogP contribution in [0.25, 0.3) is 32.8 Å². The second-order valence-electron chi connectivity index (χ2n) is 14.7. The van der Waals surface area contributed by atoms with Crippen LogP contribution in [-0.4, -0.2) is 83.6 Å². The molecular weight excluding hydrogens is 600 g/mol. The highest BCUT2D eigenvalue weighted by Gasteiger charge is 2.51. The molecular formula is C37H41F2N5O3. The molecule has 3 aliphatic heterocycles. The second kappa shape index (κ2) is 11.0. The van der Waals surface area contributed by atoms with E-state index in [4.69, 9.17) is 14.5 Å². The number of nitrogens with zero attached hydrogens (tertiary/aromatic N) is 4. The van der Waals surface area contributed by atoms with Crippen LogP contribution in [-0.2, 0) is 11.2 Å². The van der Waals surface area contributed by atoms with Crippen molar-refractivity contribution < 1.29 is 23.4 Å². The number of rotatable bonds is 8. The van der Waals surface area contributed by atoms with Crippen molar-refractivity contribution in [2.75, 3.05) is 50.8 Å². The summed E-state index contributed by atoms with van der Waals surface area (Å²) in [6, 6.07) is 10.9. The molecule has 9 rings (SSSR count). The number of nitrogens with one attached hydrogen (secondary N) is 1. The average Bonchev–Trinajstić information content (AvgIpc) is 3.98. The Morgan fingerprint density at radius 1 is 1.06 bits per heavy atom. The van der Waals surface area contributed by atoms with Crippen molar-refractivity contribution >= 4 is 27.5 Å². The molecule has 2 unspecified atom stereocenters. The van der Waals surface area contributed by atoms with E-state index in [1.54, 1.807) is 6.07 Å². The number of hydrogen-bond donors (Lipinski definition) is 2. The van der Waals surface area contributed by atoms with Gasteiger partial charge in [-0.05, 0) is 85.0 Å². The Hall–Kier alpha value is -3.60. The molecule has 4 aromatic rings. The summed E-state index contributed by atoms with van der Waals surface area (Å²) in [5, 5.41) is 16.1. The molecule has 2 atom stereocenters. The number of halogens is 2. The number of benzene rings is 3. The molecule has 2 bridgehead atoms. The number of phenols is 1. The number of morpholine rings is 1. The highest BCUT2D eigenvalue weighted by Crippen LogP contribution is 2.49. The fourth-order valence-corrected chi connectivity index (χ4v) is 8.38. The lowest BCUT2D eigenvalue weighted by molar-refractivity contribution is -0.0532. The zero-order valence-corrected chi connectivity index (χ0v) is 26.8. The molecule has 3 aromatic carbocycles. The molecule has 10 heteroatoms. The zero-order chi connectivity index (χ0) is 31.9. The molecule has 5 aliphatic rings. The molecule has 0 amide bonds. The fourth-order valence-electron chi connectivity index (χ4n) is 8.38. The van der Waals surface area contributed by atoms with Gasteiger partial charge < -0.3 is 24.8 Å². The molecule has 2 saturated carbocycles. The minimum atomic E-state index is -0.770. The number of fused-ring (bicyclic) bond motifs is 4. The Balaban J connectivity index is 1.12. The van der Waals surface area contributed by atoms with Crippen LogP contribution in [0.3, 0.4) is 0 Å². The van der Waals surface area contributed by atoms with E-state index in [1.807, 2.05) is 25.1 Å². The van der Waals surface area contributed by atoms with Gasteiger partial charge in [-0.1, -0.05) is 25.1 Å². The SMILES string of the molecule is CCc1cccc2cc(O)cc(-c3c(F)cc4c(N5CC6CCC(C5)N6)nc(OCC5(CN6CCOC7(CC7)C6)CC5)nc4c3F)c12. The first-order chi connectivity index (χ1) is 22.8. The number of anilines is 1. The van der Waals surface area contributed by atoms with Crippen LogP contribution in [0.4, 0.5) is 14.6 Å². The zero-order valence-electron chi connectivity index (χ0n) is 26.8. The Morgan fingerprint density at radius 3 is 2.62 bits per heavy atom. The van der Waals surface area contributed by atoms with Crippen molar-refractivity contribution in [3.63, 3.8) is 0 Å². The second-order valence-corrected chi connectivity index (χ2v) is 14.7. The Bertz CT molecular complexity index is 1880. The van der Waals surface area contributed by atoms with Gasteiger partial charge in [0.15, 0.2) is 5.82 Å². The largest absolute Gasteiger partial charge is 0.508 e. The van der Waals surface area contributed by atoms with E-state index in [1.165, 1.54) is 12.1 Å². The minimum Gasteiger partial charge on any atom is -0.508 e. The average molecular weight is 642 g/mol. The summed E-state index contributed by atoms with van der Waals surface area (Å²) >= 11 is 0. The highest BCUT2D eigenvalue weighted by molar-refractivity contribution is 6.03. The first-order valence-corrected chi connectivity index (χ1v) is 17.3. The third-order valence-electron chi connectivity index (χ3n) is 11.2. The number of piperazine rings is 1. The van der Waals surface area contributed by atoms with Crippen LogP contribution in [0.1, 0.15) is 51.0 Å². The van der Waals surface area contributed by atoms with Gasteiger partial charge in [0.1, 0.15) is 22.9 Å². The van der Waals surface area contributed by atoms with Crippen LogP contribution in [0, 0.1) is 17.0 Å². The standard InChI is InChI=1S/C37H41F2N5O3/c1-2-22-4-3-5-23-14-26(45)15-27(30(22)23)31-29(38)16-28-33(32(31)39)41-35(42-34(28)44-17-24-6-7-25(18-44)40-24)46-21-36(8-9-36)19-43-12-13-47-37(20-43)10-11-37/h3-5,14-16,24-25,40,45H,2,6-13,17-21H2,1H3. The molecule has 4 heterocycles. The Labute approximate surface area is 273 Å². The smallest absolute Gasteiger partial charge is 0.319 e. The monoisotopic (exact) mass is 641 g/mol. The van der Waals surface area contributed by atoms with E-state index in [9.17, 15) is 5.11 Å². The number of phenolic OH excluding ortho intramolecular Hbond substituents is 1. The molecule has 1 aromatic heterocycles. The van der Waals surface area contributed by atoms with Crippen molar-refractivity contribution in [3.05, 3.63) is 53.6 Å². The number of ether oxygens (including phenoxy) is 2. The Morgan fingerprint density at radius 2 is 1.87 bits per heavy atom. The molecule has 246 valence electrons. The van der Waals surface area contributed by atoms with Gasteiger partial charge in [0, 0.05) is 55.6 Å².